The number of esters is 1. The van der Waals surface area contributed by atoms with Crippen LogP contribution in [-0.2, 0) is 20.9 Å². The molecule has 0 spiro atoms. The molecule has 0 aliphatic heterocycles. The summed E-state index contributed by atoms with van der Waals surface area (Å²) in [7, 11) is 0. The quantitative estimate of drug-likeness (QED) is 0.554. The van der Waals surface area contributed by atoms with Crippen molar-refractivity contribution in [3.05, 3.63) is 60.7 Å². The SMILES string of the molecule is C=CC(=C)[C@@H](O)[C@@H](CCOC(=O)C(C)(C)C)OCc1ccccc1. The number of carbonyl (C=O) groups is 1. The largest absolute Gasteiger partial charge is 0.465 e. The van der Waals surface area contributed by atoms with Crippen molar-refractivity contribution in [2.24, 2.45) is 5.41 Å². The van der Waals surface area contributed by atoms with Gasteiger partial charge in [0.05, 0.1) is 24.7 Å². The van der Waals surface area contributed by atoms with Crippen molar-refractivity contribution in [1.29, 1.82) is 0 Å². The number of carbonyl (C=O) groups excluding carboxylic acids is 1. The lowest BCUT2D eigenvalue weighted by Gasteiger charge is -2.25. The van der Waals surface area contributed by atoms with Crippen LogP contribution in [0.1, 0.15) is 32.8 Å². The van der Waals surface area contributed by atoms with Gasteiger partial charge in [-0.2, -0.15) is 0 Å². The van der Waals surface area contributed by atoms with Crippen molar-refractivity contribution in [3.63, 3.8) is 0 Å². The van der Waals surface area contributed by atoms with E-state index in [1.54, 1.807) is 20.8 Å². The smallest absolute Gasteiger partial charge is 0.311 e. The molecule has 0 fully saturated rings. The minimum Gasteiger partial charge on any atom is -0.465 e. The summed E-state index contributed by atoms with van der Waals surface area (Å²) in [6.07, 6.45) is 0.468. The number of hydrogen-bond donors (Lipinski definition) is 1. The van der Waals surface area contributed by atoms with E-state index < -0.39 is 17.6 Å². The number of benzene rings is 1. The maximum absolute atomic E-state index is 11.8. The molecule has 1 rings (SSSR count). The van der Waals surface area contributed by atoms with Gasteiger partial charge in [-0.15, -0.1) is 0 Å². The van der Waals surface area contributed by atoms with Crippen LogP contribution >= 0.6 is 0 Å². The van der Waals surface area contributed by atoms with Gasteiger partial charge in [-0.1, -0.05) is 49.6 Å². The fourth-order valence-electron chi connectivity index (χ4n) is 1.95. The van der Waals surface area contributed by atoms with Gasteiger partial charge in [0.15, 0.2) is 0 Å². The zero-order valence-corrected chi connectivity index (χ0v) is 14.8. The van der Waals surface area contributed by atoms with E-state index in [-0.39, 0.29) is 12.6 Å². The van der Waals surface area contributed by atoms with E-state index in [1.807, 2.05) is 30.3 Å². The van der Waals surface area contributed by atoms with Crippen LogP contribution in [0.25, 0.3) is 0 Å². The van der Waals surface area contributed by atoms with Crippen molar-refractivity contribution >= 4 is 5.97 Å². The Hall–Kier alpha value is -1.91. The first-order chi connectivity index (χ1) is 11.3. The van der Waals surface area contributed by atoms with Crippen LogP contribution in [0.3, 0.4) is 0 Å². The molecule has 0 saturated heterocycles. The van der Waals surface area contributed by atoms with E-state index >= 15 is 0 Å². The first-order valence-electron chi connectivity index (χ1n) is 8.07. The molecule has 0 amide bonds. The summed E-state index contributed by atoms with van der Waals surface area (Å²) in [4.78, 5) is 11.8. The number of rotatable bonds is 9. The van der Waals surface area contributed by atoms with Crippen LogP contribution in [-0.4, -0.2) is 29.9 Å². The highest BCUT2D eigenvalue weighted by atomic mass is 16.5. The van der Waals surface area contributed by atoms with Gasteiger partial charge in [0.2, 0.25) is 0 Å². The van der Waals surface area contributed by atoms with Gasteiger partial charge < -0.3 is 14.6 Å². The first-order valence-corrected chi connectivity index (χ1v) is 8.07. The monoisotopic (exact) mass is 332 g/mol. The molecular formula is C20H28O4. The molecule has 0 saturated carbocycles. The van der Waals surface area contributed by atoms with E-state index in [9.17, 15) is 9.90 Å². The average Bonchev–Trinajstić information content (AvgIpc) is 2.56. The van der Waals surface area contributed by atoms with Gasteiger partial charge in [0, 0.05) is 6.42 Å². The Kier molecular flexibility index (Phi) is 7.89. The molecule has 1 aromatic rings. The second kappa shape index (κ2) is 9.40. The van der Waals surface area contributed by atoms with Crippen LogP contribution in [0.4, 0.5) is 0 Å². The van der Waals surface area contributed by atoms with Gasteiger partial charge in [-0.3, -0.25) is 4.79 Å². The summed E-state index contributed by atoms with van der Waals surface area (Å²) in [5, 5.41) is 10.3. The average molecular weight is 332 g/mol. The zero-order valence-electron chi connectivity index (χ0n) is 14.8. The summed E-state index contributed by atoms with van der Waals surface area (Å²) in [6.45, 7) is 13.3. The predicted molar refractivity (Wildman–Crippen MR) is 95.4 cm³/mol. The molecule has 1 aromatic carbocycles. The zero-order chi connectivity index (χ0) is 18.2. The minimum absolute atomic E-state index is 0.178. The van der Waals surface area contributed by atoms with E-state index in [0.29, 0.717) is 18.6 Å². The highest BCUT2D eigenvalue weighted by molar-refractivity contribution is 5.75. The van der Waals surface area contributed by atoms with Crippen LogP contribution in [0.15, 0.2) is 55.1 Å². The standard InChI is InChI=1S/C20H28O4/c1-6-15(2)18(21)17(12-13-23-19(22)20(3,4)5)24-14-16-10-8-7-9-11-16/h6-11,17-18,21H,1-2,12-14H2,3-5H3/t17-,18-/m1/s1. The molecule has 0 unspecified atom stereocenters. The molecule has 0 aliphatic carbocycles. The Bertz CT molecular complexity index is 543. The van der Waals surface area contributed by atoms with Gasteiger partial charge in [0.1, 0.15) is 6.10 Å². The Morgan fingerprint density at radius 1 is 1.29 bits per heavy atom. The molecule has 132 valence electrons. The Morgan fingerprint density at radius 3 is 2.46 bits per heavy atom. The normalized spacial score (nSPS) is 13.8. The van der Waals surface area contributed by atoms with Gasteiger partial charge in [-0.25, -0.2) is 0 Å². The summed E-state index contributed by atoms with van der Waals surface area (Å²) in [6, 6.07) is 9.69. The summed E-state index contributed by atoms with van der Waals surface area (Å²) in [5.41, 5.74) is 0.935. The van der Waals surface area contributed by atoms with Crippen molar-refractivity contribution in [2.75, 3.05) is 6.61 Å². The number of aliphatic hydroxyl groups is 1. The lowest BCUT2D eigenvalue weighted by Crippen LogP contribution is -2.32. The predicted octanol–water partition coefficient (Wildman–Crippen LogP) is 3.65. The Balaban J connectivity index is 2.62. The molecule has 4 nitrogen and oxygen atoms in total. The van der Waals surface area contributed by atoms with Crippen LogP contribution in [0.2, 0.25) is 0 Å². The van der Waals surface area contributed by atoms with Crippen molar-refractivity contribution in [2.45, 2.75) is 46.0 Å². The third-order valence-electron chi connectivity index (χ3n) is 3.55. The van der Waals surface area contributed by atoms with Gasteiger partial charge in [0.25, 0.3) is 0 Å². The Morgan fingerprint density at radius 2 is 1.92 bits per heavy atom. The summed E-state index contributed by atoms with van der Waals surface area (Å²) < 4.78 is 11.1. The third-order valence-corrected chi connectivity index (χ3v) is 3.55. The molecular weight excluding hydrogens is 304 g/mol. The molecule has 0 aliphatic rings. The first kappa shape index (κ1) is 20.1. The second-order valence-corrected chi connectivity index (χ2v) is 6.73. The van der Waals surface area contributed by atoms with Gasteiger partial charge in [-0.05, 0) is 31.9 Å². The Labute approximate surface area is 144 Å². The van der Waals surface area contributed by atoms with Crippen molar-refractivity contribution < 1.29 is 19.4 Å². The van der Waals surface area contributed by atoms with Crippen molar-refractivity contribution in [1.82, 2.24) is 0 Å². The maximum atomic E-state index is 11.8. The highest BCUT2D eigenvalue weighted by Gasteiger charge is 2.25. The van der Waals surface area contributed by atoms with E-state index in [0.717, 1.165) is 5.56 Å². The minimum atomic E-state index is -0.889. The molecule has 2 atom stereocenters. The van der Waals surface area contributed by atoms with Gasteiger partial charge >= 0.3 is 5.97 Å². The topological polar surface area (TPSA) is 55.8 Å². The number of hydrogen-bond acceptors (Lipinski definition) is 4. The van der Waals surface area contributed by atoms with Crippen LogP contribution in [0.5, 0.6) is 0 Å². The number of ether oxygens (including phenoxy) is 2. The molecule has 24 heavy (non-hydrogen) atoms. The summed E-state index contributed by atoms with van der Waals surface area (Å²) in [5.74, 6) is -0.277. The lowest BCUT2D eigenvalue weighted by molar-refractivity contribution is -0.154. The second-order valence-electron chi connectivity index (χ2n) is 6.73. The van der Waals surface area contributed by atoms with E-state index in [2.05, 4.69) is 13.2 Å². The molecule has 0 heterocycles. The fourth-order valence-corrected chi connectivity index (χ4v) is 1.95. The maximum Gasteiger partial charge on any atom is 0.311 e. The van der Waals surface area contributed by atoms with Crippen molar-refractivity contribution in [3.8, 4) is 0 Å². The molecule has 4 heteroatoms. The highest BCUT2D eigenvalue weighted by Crippen LogP contribution is 2.18. The third kappa shape index (κ3) is 6.69. The summed E-state index contributed by atoms with van der Waals surface area (Å²) >= 11 is 0. The fraction of sp³-hybridized carbons (Fsp3) is 0.450. The number of aliphatic hydroxyl groups excluding tert-OH is 1. The van der Waals surface area contributed by atoms with E-state index in [4.69, 9.17) is 9.47 Å². The van der Waals surface area contributed by atoms with Crippen LogP contribution in [0, 0.1) is 5.41 Å². The molecule has 0 aromatic heterocycles. The molecule has 0 bridgehead atoms. The van der Waals surface area contributed by atoms with E-state index in [1.165, 1.54) is 6.08 Å². The molecule has 0 radical (unpaired) electrons. The molecule has 1 N–H and O–H groups in total. The van der Waals surface area contributed by atoms with Crippen LogP contribution < -0.4 is 0 Å². The lowest BCUT2D eigenvalue weighted by atomic mass is 9.97.